The van der Waals surface area contributed by atoms with Gasteiger partial charge in [-0.25, -0.2) is 0 Å². The lowest BCUT2D eigenvalue weighted by molar-refractivity contribution is -0.142. The fraction of sp³-hybridized carbons (Fsp3) is 0.412. The summed E-state index contributed by atoms with van der Waals surface area (Å²) >= 11 is 0. The lowest BCUT2D eigenvalue weighted by atomic mass is 10.1. The molecule has 1 heterocycles. The number of amides is 1. The first-order chi connectivity index (χ1) is 12.5. The van der Waals surface area contributed by atoms with Gasteiger partial charge in [0.2, 0.25) is 5.91 Å². The van der Waals surface area contributed by atoms with Crippen molar-refractivity contribution in [3.63, 3.8) is 0 Å². The zero-order valence-electron chi connectivity index (χ0n) is 14.0. The molecule has 4 nitrogen and oxygen atoms in total. The van der Waals surface area contributed by atoms with Gasteiger partial charge in [0.1, 0.15) is 6.04 Å². The van der Waals surface area contributed by atoms with Crippen LogP contribution in [0.25, 0.3) is 0 Å². The number of hydrogen-bond donors (Lipinski definition) is 1. The molecule has 1 fully saturated rings. The molecule has 1 atom stereocenters. The second-order valence-corrected chi connectivity index (χ2v) is 6.38. The van der Waals surface area contributed by atoms with Gasteiger partial charge in [0.05, 0.1) is 11.3 Å². The average Bonchev–Trinajstić information content (AvgIpc) is 3.30. The van der Waals surface area contributed by atoms with Crippen LogP contribution < -0.4 is 5.32 Å². The third-order valence-electron chi connectivity index (χ3n) is 4.29. The Hall–Kier alpha value is -2.52. The molecular weight excluding hydrogens is 376 g/mol. The van der Waals surface area contributed by atoms with Crippen molar-refractivity contribution in [2.75, 3.05) is 5.32 Å². The smallest absolute Gasteiger partial charge is 0.324 e. The van der Waals surface area contributed by atoms with Gasteiger partial charge in [-0.3, -0.25) is 9.48 Å². The van der Waals surface area contributed by atoms with Gasteiger partial charge in [-0.15, -0.1) is 0 Å². The lowest BCUT2D eigenvalue weighted by Crippen LogP contribution is -2.27. The standard InChI is InChI=1S/C17H15F6N3O/c1-9(15(27)24-12-5-3-2-4-11(12)16(18,19)20)26-13(10-6-7-10)8-14(25-26)17(21,22)23/h2-5,8-10H,6-7H2,1H3,(H,24,27). The number of nitrogens with zero attached hydrogens (tertiary/aromatic N) is 2. The van der Waals surface area contributed by atoms with E-state index in [0.717, 1.165) is 22.9 Å². The van der Waals surface area contributed by atoms with Crippen LogP contribution in [0.2, 0.25) is 0 Å². The van der Waals surface area contributed by atoms with Crippen molar-refractivity contribution in [3.05, 3.63) is 47.3 Å². The van der Waals surface area contributed by atoms with Crippen LogP contribution in [0.1, 0.15) is 48.7 Å². The predicted octanol–water partition coefficient (Wildman–Crippen LogP) is 5.00. The van der Waals surface area contributed by atoms with E-state index in [1.807, 2.05) is 0 Å². The van der Waals surface area contributed by atoms with Gasteiger partial charge >= 0.3 is 12.4 Å². The van der Waals surface area contributed by atoms with E-state index in [2.05, 4.69) is 10.4 Å². The fourth-order valence-electron chi connectivity index (χ4n) is 2.73. The first-order valence-corrected chi connectivity index (χ1v) is 8.12. The van der Waals surface area contributed by atoms with Gasteiger partial charge in [0, 0.05) is 11.6 Å². The molecule has 1 aromatic carbocycles. The van der Waals surface area contributed by atoms with Gasteiger partial charge in [-0.2, -0.15) is 31.4 Å². The van der Waals surface area contributed by atoms with Gasteiger partial charge < -0.3 is 5.32 Å². The third kappa shape index (κ3) is 4.09. The number of rotatable bonds is 4. The SMILES string of the molecule is CC(C(=O)Nc1ccccc1C(F)(F)F)n1nc(C(F)(F)F)cc1C1CC1. The van der Waals surface area contributed by atoms with E-state index in [1.54, 1.807) is 0 Å². The van der Waals surface area contributed by atoms with E-state index < -0.39 is 41.2 Å². The first kappa shape index (κ1) is 19.2. The second-order valence-electron chi connectivity index (χ2n) is 6.38. The maximum absolute atomic E-state index is 13.0. The Labute approximate surface area is 150 Å². The summed E-state index contributed by atoms with van der Waals surface area (Å²) in [6, 6.07) is 4.07. The highest BCUT2D eigenvalue weighted by Crippen LogP contribution is 2.43. The molecule has 0 radical (unpaired) electrons. The van der Waals surface area contributed by atoms with Gasteiger partial charge in [0.25, 0.3) is 0 Å². The highest BCUT2D eigenvalue weighted by atomic mass is 19.4. The average molecular weight is 391 g/mol. The minimum atomic E-state index is -4.68. The summed E-state index contributed by atoms with van der Waals surface area (Å²) in [6.07, 6.45) is -8.00. The number of halogens is 6. The van der Waals surface area contributed by atoms with E-state index in [-0.39, 0.29) is 11.6 Å². The maximum Gasteiger partial charge on any atom is 0.435 e. The van der Waals surface area contributed by atoms with Crippen molar-refractivity contribution in [2.24, 2.45) is 0 Å². The van der Waals surface area contributed by atoms with Gasteiger partial charge in [0.15, 0.2) is 5.69 Å². The van der Waals surface area contributed by atoms with Crippen molar-refractivity contribution in [2.45, 2.75) is 44.1 Å². The molecule has 1 unspecified atom stereocenters. The Balaban J connectivity index is 1.88. The Kier molecular flexibility index (Phi) is 4.69. The molecule has 1 N–H and O–H groups in total. The van der Waals surface area contributed by atoms with Crippen LogP contribution in [0.5, 0.6) is 0 Å². The summed E-state index contributed by atoms with van der Waals surface area (Å²) in [5, 5.41) is 5.63. The molecule has 10 heteroatoms. The number of para-hydroxylation sites is 1. The molecule has 2 aromatic rings. The van der Waals surface area contributed by atoms with Crippen molar-refractivity contribution in [1.29, 1.82) is 0 Å². The molecular formula is C17H15F6N3O. The first-order valence-electron chi connectivity index (χ1n) is 8.12. The molecule has 1 aliphatic rings. The van der Waals surface area contributed by atoms with Gasteiger partial charge in [-0.1, -0.05) is 12.1 Å². The van der Waals surface area contributed by atoms with Crippen LogP contribution in [0.3, 0.4) is 0 Å². The molecule has 27 heavy (non-hydrogen) atoms. The number of hydrogen-bond acceptors (Lipinski definition) is 2. The predicted molar refractivity (Wildman–Crippen MR) is 84.0 cm³/mol. The third-order valence-corrected chi connectivity index (χ3v) is 4.29. The Morgan fingerprint density at radius 1 is 1.15 bits per heavy atom. The summed E-state index contributed by atoms with van der Waals surface area (Å²) < 4.78 is 79.0. The van der Waals surface area contributed by atoms with E-state index in [1.165, 1.54) is 19.1 Å². The molecule has 1 aromatic heterocycles. The largest absolute Gasteiger partial charge is 0.435 e. The Morgan fingerprint density at radius 3 is 2.33 bits per heavy atom. The van der Waals surface area contributed by atoms with Crippen molar-refractivity contribution in [3.8, 4) is 0 Å². The molecule has 3 rings (SSSR count). The summed E-state index contributed by atoms with van der Waals surface area (Å²) in [5.41, 5.74) is -2.36. The monoisotopic (exact) mass is 391 g/mol. The molecule has 1 amide bonds. The molecule has 1 saturated carbocycles. The molecule has 0 aliphatic heterocycles. The van der Waals surface area contributed by atoms with Crippen LogP contribution in [0.4, 0.5) is 32.0 Å². The number of anilines is 1. The molecule has 1 aliphatic carbocycles. The molecule has 146 valence electrons. The summed E-state index contributed by atoms with van der Waals surface area (Å²) in [6.45, 7) is 1.30. The zero-order valence-corrected chi connectivity index (χ0v) is 14.0. The molecule has 0 bridgehead atoms. The van der Waals surface area contributed by atoms with E-state index in [0.29, 0.717) is 12.8 Å². The highest BCUT2D eigenvalue weighted by Gasteiger charge is 2.39. The number of nitrogens with one attached hydrogen (secondary N) is 1. The van der Waals surface area contributed by atoms with Crippen molar-refractivity contribution >= 4 is 11.6 Å². The van der Waals surface area contributed by atoms with Crippen LogP contribution >= 0.6 is 0 Å². The Bertz CT molecular complexity index is 851. The highest BCUT2D eigenvalue weighted by molar-refractivity contribution is 5.94. The Morgan fingerprint density at radius 2 is 1.78 bits per heavy atom. The van der Waals surface area contributed by atoms with Crippen LogP contribution in [-0.2, 0) is 17.1 Å². The van der Waals surface area contributed by atoms with E-state index in [9.17, 15) is 31.1 Å². The van der Waals surface area contributed by atoms with E-state index >= 15 is 0 Å². The quantitative estimate of drug-likeness (QED) is 0.746. The maximum atomic E-state index is 13.0. The minimum absolute atomic E-state index is 0.133. The topological polar surface area (TPSA) is 46.9 Å². The summed E-state index contributed by atoms with van der Waals surface area (Å²) in [4.78, 5) is 12.4. The second kappa shape index (κ2) is 6.58. The van der Waals surface area contributed by atoms with E-state index in [4.69, 9.17) is 0 Å². The van der Waals surface area contributed by atoms with Crippen LogP contribution in [-0.4, -0.2) is 15.7 Å². The molecule has 0 spiro atoms. The van der Waals surface area contributed by atoms with Crippen molar-refractivity contribution < 1.29 is 31.1 Å². The number of carbonyl (C=O) groups is 1. The fourth-order valence-corrected chi connectivity index (χ4v) is 2.73. The zero-order chi connectivity index (χ0) is 20.0. The normalized spacial score (nSPS) is 16.3. The number of benzene rings is 1. The molecule has 0 saturated heterocycles. The lowest BCUT2D eigenvalue weighted by Gasteiger charge is -2.18. The summed E-state index contributed by atoms with van der Waals surface area (Å²) in [7, 11) is 0. The number of alkyl halides is 6. The summed E-state index contributed by atoms with van der Waals surface area (Å²) in [5.74, 6) is -1.02. The van der Waals surface area contributed by atoms with Gasteiger partial charge in [-0.05, 0) is 38.0 Å². The number of aromatic nitrogens is 2. The van der Waals surface area contributed by atoms with Crippen LogP contribution in [0.15, 0.2) is 30.3 Å². The van der Waals surface area contributed by atoms with Crippen LogP contribution in [0, 0.1) is 0 Å². The minimum Gasteiger partial charge on any atom is -0.324 e. The van der Waals surface area contributed by atoms with Crippen molar-refractivity contribution in [1.82, 2.24) is 9.78 Å². The number of carbonyl (C=O) groups excluding carboxylic acids is 1.